The summed E-state index contributed by atoms with van der Waals surface area (Å²) in [5.74, 6) is -0.182. The fourth-order valence-electron chi connectivity index (χ4n) is 4.14. The van der Waals surface area contributed by atoms with E-state index in [-0.39, 0.29) is 25.0 Å². The molecule has 200 valence electrons. The van der Waals surface area contributed by atoms with Gasteiger partial charge < -0.3 is 15.0 Å². The summed E-state index contributed by atoms with van der Waals surface area (Å²) < 4.78 is 5.78. The third-order valence-corrected chi connectivity index (χ3v) is 6.88. The molecule has 0 radical (unpaired) electrons. The van der Waals surface area contributed by atoms with Crippen LogP contribution in [0.1, 0.15) is 22.3 Å². The summed E-state index contributed by atoms with van der Waals surface area (Å²) in [6.45, 7) is 2.30. The summed E-state index contributed by atoms with van der Waals surface area (Å²) in [5.41, 5.74) is 3.90. The number of ether oxygens (including phenoxy) is 1. The molecule has 0 heterocycles. The predicted octanol–water partition coefficient (Wildman–Crippen LogP) is 6.64. The Labute approximate surface area is 239 Å². The SMILES string of the molecule is Cc1ccc(CNC(=O)[C@H](Cc2ccccc2)N(Cc2ccc(Cl)cc2)C(=O)COc2ccccc2Cl)cc1. The maximum absolute atomic E-state index is 13.7. The smallest absolute Gasteiger partial charge is 0.261 e. The highest BCUT2D eigenvalue weighted by atomic mass is 35.5. The first-order valence-electron chi connectivity index (χ1n) is 12.7. The number of amides is 2. The van der Waals surface area contributed by atoms with Gasteiger partial charge in [0, 0.05) is 24.5 Å². The normalized spacial score (nSPS) is 11.5. The van der Waals surface area contributed by atoms with Crippen LogP contribution >= 0.6 is 23.2 Å². The van der Waals surface area contributed by atoms with Crippen LogP contribution in [-0.2, 0) is 29.1 Å². The van der Waals surface area contributed by atoms with Gasteiger partial charge in [-0.1, -0.05) is 108 Å². The lowest BCUT2D eigenvalue weighted by Gasteiger charge is -2.31. The van der Waals surface area contributed by atoms with Crippen molar-refractivity contribution in [2.45, 2.75) is 32.5 Å². The number of carbonyl (C=O) groups excluding carboxylic acids is 2. The van der Waals surface area contributed by atoms with Crippen molar-refractivity contribution < 1.29 is 14.3 Å². The monoisotopic (exact) mass is 560 g/mol. The molecule has 0 fully saturated rings. The lowest BCUT2D eigenvalue weighted by molar-refractivity contribution is -0.142. The number of rotatable bonds is 11. The van der Waals surface area contributed by atoms with E-state index < -0.39 is 6.04 Å². The zero-order valence-corrected chi connectivity index (χ0v) is 23.2. The van der Waals surface area contributed by atoms with Gasteiger partial charge in [-0.05, 0) is 47.9 Å². The van der Waals surface area contributed by atoms with E-state index in [9.17, 15) is 9.59 Å². The Balaban J connectivity index is 1.61. The molecule has 0 aromatic heterocycles. The molecular weight excluding hydrogens is 531 g/mol. The van der Waals surface area contributed by atoms with Crippen LogP contribution in [0.25, 0.3) is 0 Å². The first-order chi connectivity index (χ1) is 18.9. The summed E-state index contributed by atoms with van der Waals surface area (Å²) in [7, 11) is 0. The number of nitrogens with zero attached hydrogens (tertiary/aromatic N) is 1. The van der Waals surface area contributed by atoms with E-state index in [1.54, 1.807) is 41.3 Å². The van der Waals surface area contributed by atoms with E-state index in [1.807, 2.05) is 73.7 Å². The Morgan fingerprint density at radius 1 is 0.795 bits per heavy atom. The summed E-state index contributed by atoms with van der Waals surface area (Å²) in [6, 6.07) is 31.1. The summed E-state index contributed by atoms with van der Waals surface area (Å²) in [6.07, 6.45) is 0.339. The quantitative estimate of drug-likeness (QED) is 0.224. The Kier molecular flexibility index (Phi) is 10.0. The van der Waals surface area contributed by atoms with Crippen LogP contribution in [-0.4, -0.2) is 29.4 Å². The summed E-state index contributed by atoms with van der Waals surface area (Å²) in [5, 5.41) is 4.04. The lowest BCUT2D eigenvalue weighted by Crippen LogP contribution is -2.51. The molecular formula is C32H30Cl2N2O3. The molecule has 4 aromatic carbocycles. The van der Waals surface area contributed by atoms with Gasteiger partial charge in [-0.3, -0.25) is 9.59 Å². The van der Waals surface area contributed by atoms with Gasteiger partial charge in [-0.2, -0.15) is 0 Å². The van der Waals surface area contributed by atoms with Crippen molar-refractivity contribution in [1.82, 2.24) is 10.2 Å². The van der Waals surface area contributed by atoms with Crippen LogP contribution in [0.3, 0.4) is 0 Å². The minimum Gasteiger partial charge on any atom is -0.482 e. The van der Waals surface area contributed by atoms with Crippen molar-refractivity contribution in [3.63, 3.8) is 0 Å². The molecule has 39 heavy (non-hydrogen) atoms. The van der Waals surface area contributed by atoms with Gasteiger partial charge in [0.1, 0.15) is 11.8 Å². The van der Waals surface area contributed by atoms with Gasteiger partial charge in [0.2, 0.25) is 5.91 Å². The van der Waals surface area contributed by atoms with Gasteiger partial charge >= 0.3 is 0 Å². The fourth-order valence-corrected chi connectivity index (χ4v) is 4.45. The average molecular weight is 562 g/mol. The van der Waals surface area contributed by atoms with Crippen LogP contribution < -0.4 is 10.1 Å². The molecule has 0 spiro atoms. The largest absolute Gasteiger partial charge is 0.482 e. The minimum atomic E-state index is -0.782. The number of hydrogen-bond donors (Lipinski definition) is 1. The van der Waals surface area contributed by atoms with Crippen molar-refractivity contribution in [3.8, 4) is 5.75 Å². The number of benzene rings is 4. The van der Waals surface area contributed by atoms with E-state index >= 15 is 0 Å². The van der Waals surface area contributed by atoms with E-state index in [2.05, 4.69) is 5.32 Å². The second-order valence-electron chi connectivity index (χ2n) is 9.28. The average Bonchev–Trinajstić information content (AvgIpc) is 2.95. The Morgan fingerprint density at radius 3 is 2.13 bits per heavy atom. The molecule has 0 aliphatic heterocycles. The molecule has 5 nitrogen and oxygen atoms in total. The highest BCUT2D eigenvalue weighted by Crippen LogP contribution is 2.24. The van der Waals surface area contributed by atoms with E-state index in [0.717, 1.165) is 22.3 Å². The third kappa shape index (κ3) is 8.34. The standard InChI is InChI=1S/C32H30Cl2N2O3/c1-23-11-13-25(14-12-23)20-35-32(38)29(19-24-7-3-2-4-8-24)36(21-26-15-17-27(33)18-16-26)31(37)22-39-30-10-6-5-9-28(30)34/h2-18,29H,19-22H2,1H3,(H,35,38)/t29-/m0/s1. The second-order valence-corrected chi connectivity index (χ2v) is 10.1. The van der Waals surface area contributed by atoms with Crippen molar-refractivity contribution in [1.29, 1.82) is 0 Å². The van der Waals surface area contributed by atoms with Gasteiger partial charge in [-0.25, -0.2) is 0 Å². The van der Waals surface area contributed by atoms with E-state index in [4.69, 9.17) is 27.9 Å². The van der Waals surface area contributed by atoms with E-state index in [0.29, 0.717) is 28.8 Å². The topological polar surface area (TPSA) is 58.6 Å². The summed E-state index contributed by atoms with van der Waals surface area (Å²) >= 11 is 12.3. The molecule has 1 atom stereocenters. The molecule has 0 aliphatic carbocycles. The molecule has 7 heteroatoms. The van der Waals surface area contributed by atoms with Crippen molar-refractivity contribution in [2.75, 3.05) is 6.61 Å². The van der Waals surface area contributed by atoms with E-state index in [1.165, 1.54) is 0 Å². The second kappa shape index (κ2) is 13.8. The van der Waals surface area contributed by atoms with Crippen LogP contribution in [0.2, 0.25) is 10.0 Å². The first-order valence-corrected chi connectivity index (χ1v) is 13.4. The van der Waals surface area contributed by atoms with Gasteiger partial charge in [0.15, 0.2) is 6.61 Å². The molecule has 2 amide bonds. The maximum atomic E-state index is 13.7. The number of halogens is 2. The Morgan fingerprint density at radius 2 is 1.44 bits per heavy atom. The fraction of sp³-hybridized carbons (Fsp3) is 0.188. The Bertz CT molecular complexity index is 1380. The van der Waals surface area contributed by atoms with Crippen molar-refractivity contribution >= 4 is 35.0 Å². The Hall–Kier alpha value is -3.80. The number of para-hydroxylation sites is 1. The van der Waals surface area contributed by atoms with Crippen molar-refractivity contribution in [3.05, 3.63) is 135 Å². The molecule has 0 saturated carbocycles. The van der Waals surface area contributed by atoms with Crippen LogP contribution in [0, 0.1) is 6.92 Å². The molecule has 1 N–H and O–H groups in total. The van der Waals surface area contributed by atoms with Crippen LogP contribution in [0.5, 0.6) is 5.75 Å². The highest BCUT2D eigenvalue weighted by molar-refractivity contribution is 6.32. The third-order valence-electron chi connectivity index (χ3n) is 6.31. The number of nitrogens with one attached hydrogen (secondary N) is 1. The van der Waals surface area contributed by atoms with Gasteiger partial charge in [-0.15, -0.1) is 0 Å². The summed E-state index contributed by atoms with van der Waals surface area (Å²) in [4.78, 5) is 29.0. The number of hydrogen-bond acceptors (Lipinski definition) is 3. The molecule has 4 rings (SSSR count). The molecule has 0 saturated heterocycles. The van der Waals surface area contributed by atoms with Crippen LogP contribution in [0.15, 0.2) is 103 Å². The lowest BCUT2D eigenvalue weighted by atomic mass is 10.0. The zero-order chi connectivity index (χ0) is 27.6. The van der Waals surface area contributed by atoms with Gasteiger partial charge in [0.25, 0.3) is 5.91 Å². The predicted molar refractivity (Wildman–Crippen MR) is 156 cm³/mol. The van der Waals surface area contributed by atoms with Crippen molar-refractivity contribution in [2.24, 2.45) is 0 Å². The maximum Gasteiger partial charge on any atom is 0.261 e. The number of carbonyl (C=O) groups is 2. The van der Waals surface area contributed by atoms with Gasteiger partial charge in [0.05, 0.1) is 5.02 Å². The minimum absolute atomic E-state index is 0.206. The molecule has 0 bridgehead atoms. The highest BCUT2D eigenvalue weighted by Gasteiger charge is 2.30. The first kappa shape index (κ1) is 28.2. The molecule has 0 unspecified atom stereocenters. The van der Waals surface area contributed by atoms with Crippen LogP contribution in [0.4, 0.5) is 0 Å². The zero-order valence-electron chi connectivity index (χ0n) is 21.6. The molecule has 0 aliphatic rings. The number of aryl methyl sites for hydroxylation is 1. The molecule has 4 aromatic rings.